The molecule has 0 heterocycles. The van der Waals surface area contributed by atoms with Crippen LogP contribution in [0.3, 0.4) is 0 Å². The van der Waals surface area contributed by atoms with E-state index in [-0.39, 0.29) is 30.2 Å². The molecular weight excluding hydrogens is 879 g/mol. The van der Waals surface area contributed by atoms with Gasteiger partial charge in [0.05, 0.1) is 0 Å². The standard InChI is InChI=1S/C29H29.C25H31O.C2H6Si.2ClH.Zr/c1-17-9-18(2)12-22(11-17)28-24-7-6-8-25(24)29(27-16-21(5)15-26(27)28)23-13-19(3)10-20(4)14-23;1-15(2)18-12-19-14-22(25(5,6)7)24(26-8)23(21(19)13-18)20-10-16(3)9-17(4)11-20;1-3-2;;;/h9-16H,6-8H2,1-5H3;9-15H,1-8H3;1-2H3;2*1H;/q;;;;;+2/p-2. The minimum atomic E-state index is -2.60. The van der Waals surface area contributed by atoms with Crippen molar-refractivity contribution in [3.8, 4) is 39.1 Å². The van der Waals surface area contributed by atoms with Crippen LogP contribution in [0.4, 0.5) is 0 Å². The molecule has 0 fully saturated rings. The summed E-state index contributed by atoms with van der Waals surface area (Å²) in [7, 11) is 1.90. The zero-order valence-electron chi connectivity index (χ0n) is 39.4. The van der Waals surface area contributed by atoms with Crippen molar-refractivity contribution in [1.82, 2.24) is 0 Å². The number of hydrogen-bond donors (Lipinski definition) is 0. The Kier molecular flexibility index (Phi) is 14.0. The van der Waals surface area contributed by atoms with E-state index in [9.17, 15) is 0 Å². The fourth-order valence-corrected chi connectivity index (χ4v) is 32.3. The molecule has 318 valence electrons. The number of hydrogen-bond acceptors (Lipinski definition) is 1. The molecule has 5 heteroatoms. The number of fused-ring (bicyclic) bond motifs is 3. The fraction of sp³-hybridized carbons (Fsp3) is 0.393. The van der Waals surface area contributed by atoms with Gasteiger partial charge in [-0.3, -0.25) is 0 Å². The van der Waals surface area contributed by atoms with Crippen LogP contribution in [0.5, 0.6) is 5.75 Å². The van der Waals surface area contributed by atoms with Gasteiger partial charge in [0, 0.05) is 0 Å². The molecule has 0 spiro atoms. The molecular formula is C56H66Cl2OSiZr. The Morgan fingerprint density at radius 1 is 0.607 bits per heavy atom. The topological polar surface area (TPSA) is 9.23 Å². The van der Waals surface area contributed by atoms with E-state index in [4.69, 9.17) is 4.74 Å². The van der Waals surface area contributed by atoms with Gasteiger partial charge in [-0.15, -0.1) is 0 Å². The van der Waals surface area contributed by atoms with Crippen LogP contribution in [0.15, 0.2) is 71.8 Å². The first-order valence-corrected chi connectivity index (χ1v) is 31.2. The van der Waals surface area contributed by atoms with Crippen molar-refractivity contribution >= 4 is 17.6 Å². The van der Waals surface area contributed by atoms with Gasteiger partial charge < -0.3 is 24.8 Å². The van der Waals surface area contributed by atoms with Crippen LogP contribution >= 0.6 is 0 Å². The Hall–Kier alpha value is -2.94. The predicted octanol–water partition coefficient (Wildman–Crippen LogP) is 9.46. The van der Waals surface area contributed by atoms with Crippen molar-refractivity contribution in [3.63, 3.8) is 0 Å². The van der Waals surface area contributed by atoms with Crippen LogP contribution < -0.4 is 29.6 Å². The maximum absolute atomic E-state index is 6.55. The van der Waals surface area contributed by atoms with Gasteiger partial charge in [-0.05, 0) is 0 Å². The van der Waals surface area contributed by atoms with Crippen LogP contribution in [0, 0.1) is 47.5 Å². The molecule has 2 atom stereocenters. The van der Waals surface area contributed by atoms with E-state index in [1.807, 2.05) is 7.11 Å². The molecule has 0 radical (unpaired) electrons. The molecule has 0 bridgehead atoms. The van der Waals surface area contributed by atoms with Gasteiger partial charge in [-0.25, -0.2) is 0 Å². The second kappa shape index (κ2) is 17.9. The van der Waals surface area contributed by atoms with Gasteiger partial charge in [0.2, 0.25) is 0 Å². The quantitative estimate of drug-likeness (QED) is 0.148. The van der Waals surface area contributed by atoms with Crippen LogP contribution in [0.25, 0.3) is 45.5 Å². The van der Waals surface area contributed by atoms with Crippen molar-refractivity contribution in [2.45, 2.75) is 128 Å². The summed E-state index contributed by atoms with van der Waals surface area (Å²) in [5, 5.41) is 0. The number of ether oxygens (including phenoxy) is 1. The average Bonchev–Trinajstić information content (AvgIpc) is 3.84. The van der Waals surface area contributed by atoms with E-state index in [2.05, 4.69) is 169 Å². The Morgan fingerprint density at radius 3 is 1.51 bits per heavy atom. The van der Waals surface area contributed by atoms with Crippen molar-refractivity contribution in [1.29, 1.82) is 0 Å². The first-order valence-electron chi connectivity index (χ1n) is 22.2. The third-order valence-electron chi connectivity index (χ3n) is 13.5. The summed E-state index contributed by atoms with van der Waals surface area (Å²) in [6, 6.07) is 24.4. The molecule has 1 nitrogen and oxygen atoms in total. The molecule has 5 aromatic rings. The maximum atomic E-state index is 6.55. The zero-order chi connectivity index (χ0) is 42.4. The molecule has 3 aliphatic carbocycles. The van der Waals surface area contributed by atoms with Gasteiger partial charge in [0.25, 0.3) is 0 Å². The van der Waals surface area contributed by atoms with Crippen LogP contribution in [0.1, 0.15) is 128 Å². The molecule has 3 aliphatic rings. The molecule has 0 saturated carbocycles. The first kappa shape index (κ1) is 47.5. The Balaban J connectivity index is 0.00000311. The van der Waals surface area contributed by atoms with E-state index >= 15 is 0 Å². The minimum Gasteiger partial charge on any atom is -1.00 e. The van der Waals surface area contributed by atoms with Crippen molar-refractivity contribution in [2.75, 3.05) is 7.11 Å². The molecule has 0 aliphatic heterocycles. The summed E-state index contributed by atoms with van der Waals surface area (Å²) in [6.07, 6.45) is 8.94. The smallest absolute Gasteiger partial charge is 1.00 e. The second-order valence-corrected chi connectivity index (χ2v) is 38.0. The number of rotatable bonds is 7. The van der Waals surface area contributed by atoms with Gasteiger partial charge in [-0.2, -0.15) is 0 Å². The number of methoxy groups -OCH3 is 1. The molecule has 0 amide bonds. The van der Waals surface area contributed by atoms with Crippen LogP contribution in [0.2, 0.25) is 13.1 Å². The number of halogens is 2. The van der Waals surface area contributed by atoms with Gasteiger partial charge in [0.1, 0.15) is 0 Å². The third kappa shape index (κ3) is 8.45. The summed E-state index contributed by atoms with van der Waals surface area (Å²) in [5.74, 6) is 1.51. The second-order valence-electron chi connectivity index (χ2n) is 20.1. The van der Waals surface area contributed by atoms with Crippen molar-refractivity contribution in [3.05, 3.63) is 144 Å². The molecule has 8 rings (SSSR count). The Morgan fingerprint density at radius 2 is 1.07 bits per heavy atom. The van der Waals surface area contributed by atoms with Gasteiger partial charge >= 0.3 is 367 Å². The van der Waals surface area contributed by atoms with Gasteiger partial charge in [0.15, 0.2) is 0 Å². The van der Waals surface area contributed by atoms with Crippen molar-refractivity contribution in [2.24, 2.45) is 5.92 Å². The number of aryl methyl sites for hydroxylation is 6. The van der Waals surface area contributed by atoms with Gasteiger partial charge in [-0.1, -0.05) is 0 Å². The molecule has 0 saturated heterocycles. The summed E-state index contributed by atoms with van der Waals surface area (Å²) in [6.45, 7) is 33.7. The molecule has 0 aromatic heterocycles. The molecule has 0 N–H and O–H groups in total. The van der Waals surface area contributed by atoms with Crippen LogP contribution in [-0.4, -0.2) is 12.5 Å². The molecule has 2 unspecified atom stereocenters. The zero-order valence-corrected chi connectivity index (χ0v) is 44.4. The SMILES string of the molecule is COc1c(C(C)(C)C)cc2c(c1-c1cc(C)cc(C)c1)C=C(C(C)C)[CH]2[Zr+2]([CH]1C(C)=Cc2c(-c3cc(C)cc(C)c3)c3c(c(-c4cc(C)cc(C)c4)c21)CCC3)=[Si](C)C.[Cl-].[Cl-]. The number of allylic oxidation sites excluding steroid dienone is 2. The first-order chi connectivity index (χ1) is 27.9. The summed E-state index contributed by atoms with van der Waals surface area (Å²) in [4.78, 5) is 0. The maximum Gasteiger partial charge on any atom is -1.00 e. The third-order valence-corrected chi connectivity index (χ3v) is 33.0. The van der Waals surface area contributed by atoms with E-state index in [1.54, 1.807) is 50.1 Å². The fourth-order valence-electron chi connectivity index (χ4n) is 11.5. The average molecular weight is 945 g/mol. The van der Waals surface area contributed by atoms with E-state index in [0.29, 0.717) is 13.2 Å². The summed E-state index contributed by atoms with van der Waals surface area (Å²) >= 11 is -2.60. The summed E-state index contributed by atoms with van der Waals surface area (Å²) in [5.41, 5.74) is 30.0. The van der Waals surface area contributed by atoms with Crippen molar-refractivity contribution < 1.29 is 49.9 Å². The number of benzene rings is 5. The monoisotopic (exact) mass is 942 g/mol. The van der Waals surface area contributed by atoms with E-state index < -0.39 is 25.8 Å². The molecule has 5 aromatic carbocycles. The predicted molar refractivity (Wildman–Crippen MR) is 254 cm³/mol. The minimum absolute atomic E-state index is 0. The van der Waals surface area contributed by atoms with E-state index in [0.717, 1.165) is 12.2 Å². The Bertz CT molecular complexity index is 2620. The molecule has 61 heavy (non-hydrogen) atoms. The Labute approximate surface area is 388 Å². The normalized spacial score (nSPS) is 16.2. The largest absolute Gasteiger partial charge is 1.00 e. The van der Waals surface area contributed by atoms with E-state index in [1.165, 1.54) is 79.6 Å². The van der Waals surface area contributed by atoms with Crippen LogP contribution in [-0.2, 0) is 38.6 Å². The summed E-state index contributed by atoms with van der Waals surface area (Å²) < 4.78 is 7.55.